The first-order chi connectivity index (χ1) is 8.15. The van der Waals surface area contributed by atoms with Gasteiger partial charge < -0.3 is 0 Å². The Hall–Kier alpha value is -0.630. The van der Waals surface area contributed by atoms with Crippen LogP contribution in [0.3, 0.4) is 0 Å². The monoisotopic (exact) mass is 270 g/mol. The molecule has 2 aliphatic carbocycles. The predicted octanol–water partition coefficient (Wildman–Crippen LogP) is 4.26. The Morgan fingerprint density at radius 3 is 1.83 bits per heavy atom. The summed E-state index contributed by atoms with van der Waals surface area (Å²) in [6, 6.07) is 0. The van der Waals surface area contributed by atoms with Crippen LogP contribution in [0.25, 0.3) is 0 Å². The topological polar surface area (TPSA) is 34.1 Å². The first kappa shape index (κ1) is 15.4. The first-order valence-corrected chi connectivity index (χ1v) is 6.87. The fourth-order valence-corrected chi connectivity index (χ4v) is 2.97. The van der Waals surface area contributed by atoms with Crippen molar-refractivity contribution in [2.24, 2.45) is 10.8 Å². The van der Waals surface area contributed by atoms with E-state index in [9.17, 15) is 9.59 Å². The average molecular weight is 271 g/mol. The predicted molar refractivity (Wildman–Crippen MR) is 74.6 cm³/mol. The lowest BCUT2D eigenvalue weighted by Gasteiger charge is -2.15. The standard InChI is InChI=1S/C8H11ClO.C7H12O/c1-8(2)3-6(5-10)7(9)4-8;1-7(2)4-3-6(8)5-7/h5H,3-4H2,1-2H3;3-5H2,1-2H3. The molecule has 0 heterocycles. The summed E-state index contributed by atoms with van der Waals surface area (Å²) in [7, 11) is 0. The Labute approximate surface area is 115 Å². The molecule has 2 nitrogen and oxygen atoms in total. The number of hydrogen-bond acceptors (Lipinski definition) is 2. The van der Waals surface area contributed by atoms with Gasteiger partial charge in [-0.2, -0.15) is 0 Å². The zero-order chi connectivity index (χ0) is 14.0. The normalized spacial score (nSPS) is 24.8. The molecule has 2 rings (SSSR count). The second-order valence-corrected chi connectivity index (χ2v) is 7.40. The second-order valence-electron chi connectivity index (χ2n) is 6.95. The molecule has 2 aliphatic rings. The van der Waals surface area contributed by atoms with E-state index in [1.54, 1.807) is 0 Å². The van der Waals surface area contributed by atoms with Gasteiger partial charge >= 0.3 is 0 Å². The summed E-state index contributed by atoms with van der Waals surface area (Å²) in [5.41, 5.74) is 1.30. The number of hydrogen-bond donors (Lipinski definition) is 0. The molecule has 0 aromatic heterocycles. The molecule has 0 aliphatic heterocycles. The van der Waals surface area contributed by atoms with Crippen LogP contribution in [0.2, 0.25) is 0 Å². The first-order valence-electron chi connectivity index (χ1n) is 6.50. The lowest BCUT2D eigenvalue weighted by Crippen LogP contribution is -2.04. The lowest BCUT2D eigenvalue weighted by molar-refractivity contribution is -0.117. The van der Waals surface area contributed by atoms with E-state index in [4.69, 9.17) is 11.6 Å². The number of halogens is 1. The highest BCUT2D eigenvalue weighted by Gasteiger charge is 2.29. The van der Waals surface area contributed by atoms with E-state index in [1.165, 1.54) is 0 Å². The molecule has 0 aromatic carbocycles. The number of aldehydes is 1. The summed E-state index contributed by atoms with van der Waals surface area (Å²) < 4.78 is 0. The molecule has 3 heteroatoms. The van der Waals surface area contributed by atoms with Gasteiger partial charge in [0.1, 0.15) is 12.1 Å². The molecule has 0 radical (unpaired) electrons. The number of rotatable bonds is 1. The van der Waals surface area contributed by atoms with Crippen molar-refractivity contribution in [2.75, 3.05) is 0 Å². The van der Waals surface area contributed by atoms with E-state index in [0.29, 0.717) is 11.2 Å². The summed E-state index contributed by atoms with van der Waals surface area (Å²) >= 11 is 5.81. The molecule has 0 aromatic rings. The molecule has 0 atom stereocenters. The van der Waals surface area contributed by atoms with Crippen LogP contribution in [0.5, 0.6) is 0 Å². The van der Waals surface area contributed by atoms with E-state index in [1.807, 2.05) is 0 Å². The summed E-state index contributed by atoms with van der Waals surface area (Å²) in [5.74, 6) is 0.440. The Bertz CT molecular complexity index is 378. The minimum Gasteiger partial charge on any atom is -0.300 e. The van der Waals surface area contributed by atoms with Crippen LogP contribution in [0, 0.1) is 10.8 Å². The molecule has 18 heavy (non-hydrogen) atoms. The van der Waals surface area contributed by atoms with Crippen molar-refractivity contribution in [1.82, 2.24) is 0 Å². The summed E-state index contributed by atoms with van der Waals surface area (Å²) in [5, 5.41) is 0.750. The highest BCUT2D eigenvalue weighted by atomic mass is 35.5. The average Bonchev–Trinajstić information content (AvgIpc) is 2.66. The van der Waals surface area contributed by atoms with Gasteiger partial charge in [-0.15, -0.1) is 0 Å². The maximum absolute atomic E-state index is 10.7. The minimum atomic E-state index is 0.202. The highest BCUT2D eigenvalue weighted by Crippen LogP contribution is 2.41. The largest absolute Gasteiger partial charge is 0.300 e. The molecule has 0 spiro atoms. The van der Waals surface area contributed by atoms with Gasteiger partial charge in [-0.3, -0.25) is 9.59 Å². The Kier molecular flexibility index (Phi) is 4.77. The van der Waals surface area contributed by atoms with Gasteiger partial charge in [0, 0.05) is 23.4 Å². The fourth-order valence-electron chi connectivity index (χ4n) is 2.50. The van der Waals surface area contributed by atoms with Gasteiger partial charge in [0.05, 0.1) is 0 Å². The zero-order valence-corrected chi connectivity index (χ0v) is 12.6. The van der Waals surface area contributed by atoms with E-state index in [2.05, 4.69) is 27.7 Å². The molecular weight excluding hydrogens is 248 g/mol. The summed E-state index contributed by atoms with van der Waals surface area (Å²) in [6.45, 7) is 8.54. The highest BCUT2D eigenvalue weighted by molar-refractivity contribution is 6.31. The van der Waals surface area contributed by atoms with Crippen molar-refractivity contribution in [2.45, 2.75) is 59.8 Å². The van der Waals surface area contributed by atoms with Crippen molar-refractivity contribution in [1.29, 1.82) is 0 Å². The smallest absolute Gasteiger partial charge is 0.147 e. The van der Waals surface area contributed by atoms with Crippen molar-refractivity contribution < 1.29 is 9.59 Å². The van der Waals surface area contributed by atoms with E-state index < -0.39 is 0 Å². The van der Waals surface area contributed by atoms with Gasteiger partial charge in [0.25, 0.3) is 0 Å². The van der Waals surface area contributed by atoms with Crippen LogP contribution in [0.15, 0.2) is 10.6 Å². The van der Waals surface area contributed by atoms with Crippen LogP contribution in [0.1, 0.15) is 59.8 Å². The number of ketones is 1. The van der Waals surface area contributed by atoms with Crippen molar-refractivity contribution in [3.05, 3.63) is 10.6 Å². The zero-order valence-electron chi connectivity index (χ0n) is 11.8. The molecule has 0 saturated heterocycles. The van der Waals surface area contributed by atoms with Gasteiger partial charge in [0.15, 0.2) is 0 Å². The van der Waals surface area contributed by atoms with Crippen LogP contribution in [0.4, 0.5) is 0 Å². The van der Waals surface area contributed by atoms with Crippen molar-refractivity contribution in [3.63, 3.8) is 0 Å². The van der Waals surface area contributed by atoms with Gasteiger partial charge in [-0.1, -0.05) is 39.3 Å². The van der Waals surface area contributed by atoms with Crippen LogP contribution in [-0.4, -0.2) is 12.1 Å². The quantitative estimate of drug-likeness (QED) is 0.667. The number of carbonyl (C=O) groups excluding carboxylic acids is 2. The van der Waals surface area contributed by atoms with Crippen molar-refractivity contribution in [3.8, 4) is 0 Å². The molecule has 1 fully saturated rings. The molecule has 0 amide bonds. The van der Waals surface area contributed by atoms with Gasteiger partial charge in [0.2, 0.25) is 0 Å². The molecule has 0 bridgehead atoms. The minimum absolute atomic E-state index is 0.202. The van der Waals surface area contributed by atoms with Crippen LogP contribution in [-0.2, 0) is 9.59 Å². The van der Waals surface area contributed by atoms with E-state index in [-0.39, 0.29) is 5.41 Å². The molecule has 1 saturated carbocycles. The number of Topliss-reactive ketones (excluding diaryl/α,β-unsaturated/α-hetero) is 1. The van der Waals surface area contributed by atoms with Crippen molar-refractivity contribution >= 4 is 23.7 Å². The SMILES string of the molecule is CC1(C)CC(Cl)=C(C=O)C1.CC1(C)CCC(=O)C1. The maximum Gasteiger partial charge on any atom is 0.147 e. The molecule has 0 N–H and O–H groups in total. The summed E-state index contributed by atoms with van der Waals surface area (Å²) in [4.78, 5) is 21.0. The second kappa shape index (κ2) is 5.56. The maximum atomic E-state index is 10.7. The van der Waals surface area contributed by atoms with E-state index >= 15 is 0 Å². The molecular formula is C15H23ClO2. The summed E-state index contributed by atoms with van der Waals surface area (Å²) in [6.07, 6.45) is 5.25. The Morgan fingerprint density at radius 2 is 1.67 bits per heavy atom. The Balaban J connectivity index is 0.000000184. The van der Waals surface area contributed by atoms with E-state index in [0.717, 1.165) is 49.0 Å². The fraction of sp³-hybridized carbons (Fsp3) is 0.733. The third-order valence-corrected chi connectivity index (χ3v) is 3.93. The third kappa shape index (κ3) is 4.56. The number of allylic oxidation sites excluding steroid dienone is 2. The van der Waals surface area contributed by atoms with Gasteiger partial charge in [-0.25, -0.2) is 0 Å². The number of carbonyl (C=O) groups is 2. The molecule has 102 valence electrons. The van der Waals surface area contributed by atoms with Crippen LogP contribution < -0.4 is 0 Å². The lowest BCUT2D eigenvalue weighted by atomic mass is 9.90. The Morgan fingerprint density at radius 1 is 1.06 bits per heavy atom. The van der Waals surface area contributed by atoms with Crippen LogP contribution >= 0.6 is 11.6 Å². The molecule has 0 unspecified atom stereocenters. The third-order valence-electron chi connectivity index (χ3n) is 3.55. The van der Waals surface area contributed by atoms with Gasteiger partial charge in [-0.05, 0) is 30.1 Å².